The lowest BCUT2D eigenvalue weighted by atomic mass is 9.72. The first-order chi connectivity index (χ1) is 16.4. The lowest BCUT2D eigenvalue weighted by Gasteiger charge is -2.36. The summed E-state index contributed by atoms with van der Waals surface area (Å²) in [5, 5.41) is 8.14. The summed E-state index contributed by atoms with van der Waals surface area (Å²) < 4.78 is 27.0. The van der Waals surface area contributed by atoms with E-state index in [1.165, 1.54) is 36.4 Å². The quantitative estimate of drug-likeness (QED) is 0.484. The van der Waals surface area contributed by atoms with Crippen LogP contribution in [0.2, 0.25) is 0 Å². The lowest BCUT2D eigenvalue weighted by Crippen LogP contribution is -2.37. The van der Waals surface area contributed by atoms with Gasteiger partial charge in [-0.3, -0.25) is 9.59 Å². The Morgan fingerprint density at radius 3 is 2.32 bits per heavy atom. The molecule has 4 nitrogen and oxygen atoms in total. The number of hydrogen-bond acceptors (Lipinski definition) is 4. The third kappa shape index (κ3) is 4.19. The number of carbonyl (C=O) groups is 2. The molecule has 1 amide bonds. The summed E-state index contributed by atoms with van der Waals surface area (Å²) in [4.78, 5) is 28.1. The highest BCUT2D eigenvalue weighted by atomic mass is 32.1. The zero-order chi connectivity index (χ0) is 23.8. The molecule has 1 aliphatic carbocycles. The minimum Gasteiger partial charge on any atom is -0.362 e. The number of anilines is 1. The Bertz CT molecular complexity index is 1310. The van der Waals surface area contributed by atoms with E-state index in [0.717, 1.165) is 10.6 Å². The molecular formula is C27H22F2N2O2S. The van der Waals surface area contributed by atoms with Gasteiger partial charge in [0.05, 0.1) is 0 Å². The minimum atomic E-state index is -0.630. The summed E-state index contributed by atoms with van der Waals surface area (Å²) in [6.45, 7) is 1.80. The standard InChI is InChI=1S/C27H22F2N2O2S/c1-15-24(27(33)31-20-10-8-19(29)9-11-20)25(16-4-6-18(28)7-5-16)26-21(30-15)13-17(14-22(26)32)23-3-2-12-34-23/h2-12,17,25,30H,13-14H2,1H3,(H,31,33)/t17-,25-/m1/s1. The van der Waals surface area contributed by atoms with Crippen LogP contribution in [-0.2, 0) is 9.59 Å². The van der Waals surface area contributed by atoms with Gasteiger partial charge in [-0.1, -0.05) is 18.2 Å². The molecule has 0 bridgehead atoms. The molecule has 2 aromatic carbocycles. The van der Waals surface area contributed by atoms with Crippen LogP contribution in [0.15, 0.2) is 88.6 Å². The van der Waals surface area contributed by atoms with E-state index in [1.807, 2.05) is 17.5 Å². The maximum atomic E-state index is 13.7. The van der Waals surface area contributed by atoms with E-state index in [9.17, 15) is 18.4 Å². The zero-order valence-electron chi connectivity index (χ0n) is 18.4. The van der Waals surface area contributed by atoms with Gasteiger partial charge in [-0.25, -0.2) is 8.78 Å². The van der Waals surface area contributed by atoms with Crippen LogP contribution in [-0.4, -0.2) is 11.7 Å². The van der Waals surface area contributed by atoms with Crippen molar-refractivity contribution in [2.45, 2.75) is 31.6 Å². The molecule has 3 aromatic rings. The van der Waals surface area contributed by atoms with Crippen molar-refractivity contribution >= 4 is 28.7 Å². The van der Waals surface area contributed by atoms with Crippen molar-refractivity contribution in [2.75, 3.05) is 5.32 Å². The van der Waals surface area contributed by atoms with Crippen LogP contribution in [0.5, 0.6) is 0 Å². The normalized spacial score (nSPS) is 20.1. The van der Waals surface area contributed by atoms with E-state index in [2.05, 4.69) is 10.6 Å². The summed E-state index contributed by atoms with van der Waals surface area (Å²) in [5.41, 5.74) is 3.48. The minimum absolute atomic E-state index is 0.0268. The van der Waals surface area contributed by atoms with Gasteiger partial charge in [0.15, 0.2) is 5.78 Å². The van der Waals surface area contributed by atoms with Gasteiger partial charge in [-0.2, -0.15) is 0 Å². The number of benzene rings is 2. The van der Waals surface area contributed by atoms with E-state index >= 15 is 0 Å². The van der Waals surface area contributed by atoms with Gasteiger partial charge in [0, 0.05) is 51.4 Å². The SMILES string of the molecule is CC1=C(C(=O)Nc2ccc(F)cc2)[C@@H](c2ccc(F)cc2)C2=C(C[C@@H](c3cccs3)CC2=O)N1. The molecular weight excluding hydrogens is 454 g/mol. The van der Waals surface area contributed by atoms with Gasteiger partial charge in [0.2, 0.25) is 0 Å². The molecule has 1 aromatic heterocycles. The monoisotopic (exact) mass is 476 g/mol. The van der Waals surface area contributed by atoms with Crippen LogP contribution in [0.3, 0.4) is 0 Å². The number of rotatable bonds is 4. The van der Waals surface area contributed by atoms with Crippen LogP contribution in [0.4, 0.5) is 14.5 Å². The Morgan fingerprint density at radius 1 is 1.00 bits per heavy atom. The van der Waals surface area contributed by atoms with E-state index in [0.29, 0.717) is 40.9 Å². The van der Waals surface area contributed by atoms with Crippen molar-refractivity contribution < 1.29 is 18.4 Å². The molecule has 7 heteroatoms. The van der Waals surface area contributed by atoms with E-state index < -0.39 is 23.5 Å². The van der Waals surface area contributed by atoms with Gasteiger partial charge in [-0.05, 0) is 66.8 Å². The topological polar surface area (TPSA) is 58.2 Å². The van der Waals surface area contributed by atoms with E-state index in [4.69, 9.17) is 0 Å². The van der Waals surface area contributed by atoms with Crippen molar-refractivity contribution in [1.82, 2.24) is 5.32 Å². The van der Waals surface area contributed by atoms with Crippen molar-refractivity contribution in [3.8, 4) is 0 Å². The maximum absolute atomic E-state index is 13.7. The Hall–Kier alpha value is -3.58. The second-order valence-electron chi connectivity index (χ2n) is 8.55. The number of ketones is 1. The van der Waals surface area contributed by atoms with Crippen LogP contribution >= 0.6 is 11.3 Å². The summed E-state index contributed by atoms with van der Waals surface area (Å²) in [6.07, 6.45) is 1.01. The number of allylic oxidation sites excluding steroid dienone is 3. The number of dihydropyridines is 1. The fraction of sp³-hybridized carbons (Fsp3) is 0.185. The van der Waals surface area contributed by atoms with Gasteiger partial charge >= 0.3 is 0 Å². The number of thiophene rings is 1. The largest absolute Gasteiger partial charge is 0.362 e. The molecule has 5 rings (SSSR count). The highest BCUT2D eigenvalue weighted by Gasteiger charge is 2.41. The number of Topliss-reactive ketones (excluding diaryl/α,β-unsaturated/α-hetero) is 1. The highest BCUT2D eigenvalue weighted by Crippen LogP contribution is 2.46. The zero-order valence-corrected chi connectivity index (χ0v) is 19.2. The summed E-state index contributed by atoms with van der Waals surface area (Å²) >= 11 is 1.63. The Morgan fingerprint density at radius 2 is 1.68 bits per heavy atom. The first kappa shape index (κ1) is 22.2. The average Bonchev–Trinajstić information content (AvgIpc) is 3.35. The predicted octanol–water partition coefficient (Wildman–Crippen LogP) is 6.03. The second-order valence-corrected chi connectivity index (χ2v) is 9.52. The molecule has 2 heterocycles. The van der Waals surface area contributed by atoms with Crippen LogP contribution in [0.1, 0.15) is 42.0 Å². The molecule has 0 unspecified atom stereocenters. The molecule has 172 valence electrons. The molecule has 2 aliphatic rings. The smallest absolute Gasteiger partial charge is 0.254 e. The second kappa shape index (κ2) is 8.99. The van der Waals surface area contributed by atoms with Crippen molar-refractivity contribution in [3.05, 3.63) is 111 Å². The lowest BCUT2D eigenvalue weighted by molar-refractivity contribution is -0.116. The number of halogens is 2. The van der Waals surface area contributed by atoms with Crippen molar-refractivity contribution in [2.24, 2.45) is 0 Å². The van der Waals surface area contributed by atoms with E-state index in [-0.39, 0.29) is 11.7 Å². The van der Waals surface area contributed by atoms with Crippen molar-refractivity contribution in [1.29, 1.82) is 0 Å². The van der Waals surface area contributed by atoms with Gasteiger partial charge in [0.25, 0.3) is 5.91 Å². The maximum Gasteiger partial charge on any atom is 0.254 e. The first-order valence-electron chi connectivity index (χ1n) is 11.0. The van der Waals surface area contributed by atoms with Gasteiger partial charge in [-0.15, -0.1) is 11.3 Å². The number of amides is 1. The molecule has 34 heavy (non-hydrogen) atoms. The molecule has 0 fully saturated rings. The van der Waals surface area contributed by atoms with Crippen LogP contribution in [0.25, 0.3) is 0 Å². The van der Waals surface area contributed by atoms with Crippen LogP contribution in [0, 0.1) is 11.6 Å². The third-order valence-corrected chi connectivity index (χ3v) is 7.36. The fourth-order valence-electron chi connectivity index (χ4n) is 4.79. The average molecular weight is 477 g/mol. The molecule has 2 N–H and O–H groups in total. The molecule has 0 saturated carbocycles. The highest BCUT2D eigenvalue weighted by molar-refractivity contribution is 7.10. The fourth-order valence-corrected chi connectivity index (χ4v) is 5.62. The predicted molar refractivity (Wildman–Crippen MR) is 128 cm³/mol. The van der Waals surface area contributed by atoms with Crippen molar-refractivity contribution in [3.63, 3.8) is 0 Å². The van der Waals surface area contributed by atoms with Crippen LogP contribution < -0.4 is 10.6 Å². The molecule has 0 spiro atoms. The van der Waals surface area contributed by atoms with E-state index in [1.54, 1.807) is 30.4 Å². The molecule has 1 aliphatic heterocycles. The number of carbonyl (C=O) groups excluding carboxylic acids is 2. The number of hydrogen-bond donors (Lipinski definition) is 2. The third-order valence-electron chi connectivity index (χ3n) is 6.32. The Labute approximate surface area is 200 Å². The summed E-state index contributed by atoms with van der Waals surface area (Å²) in [5.74, 6) is -1.77. The molecule has 0 radical (unpaired) electrons. The Kier molecular flexibility index (Phi) is 5.87. The van der Waals surface area contributed by atoms with Gasteiger partial charge in [0.1, 0.15) is 11.6 Å². The Balaban J connectivity index is 1.55. The summed E-state index contributed by atoms with van der Waals surface area (Å²) in [7, 11) is 0. The number of nitrogens with one attached hydrogen (secondary N) is 2. The molecule has 2 atom stereocenters. The van der Waals surface area contributed by atoms with Gasteiger partial charge < -0.3 is 10.6 Å². The first-order valence-corrected chi connectivity index (χ1v) is 11.9. The molecule has 0 saturated heterocycles. The summed E-state index contributed by atoms with van der Waals surface area (Å²) in [6, 6.07) is 15.4.